The normalized spacial score (nSPS) is 21.9. The number of nitrogens with one attached hydrogen (secondary N) is 2. The van der Waals surface area contributed by atoms with Gasteiger partial charge in [0.25, 0.3) is 0 Å². The molecule has 2 fully saturated rings. The van der Waals surface area contributed by atoms with Crippen LogP contribution >= 0.6 is 0 Å². The van der Waals surface area contributed by atoms with E-state index in [9.17, 15) is 19.5 Å². The minimum absolute atomic E-state index is 0.0334. The zero-order valence-corrected chi connectivity index (χ0v) is 19.4. The van der Waals surface area contributed by atoms with E-state index in [4.69, 9.17) is 9.47 Å². The molecule has 0 aromatic heterocycles. The van der Waals surface area contributed by atoms with Gasteiger partial charge in [-0.3, -0.25) is 9.59 Å². The summed E-state index contributed by atoms with van der Waals surface area (Å²) in [5, 5.41) is 15.0. The van der Waals surface area contributed by atoms with Crippen molar-refractivity contribution in [3.05, 3.63) is 59.7 Å². The van der Waals surface area contributed by atoms with Crippen molar-refractivity contribution in [2.45, 2.75) is 43.7 Å². The van der Waals surface area contributed by atoms with Crippen molar-refractivity contribution in [3.63, 3.8) is 0 Å². The van der Waals surface area contributed by atoms with Crippen LogP contribution in [0.2, 0.25) is 0 Å². The van der Waals surface area contributed by atoms with Crippen LogP contribution in [0.4, 0.5) is 4.79 Å². The van der Waals surface area contributed by atoms with E-state index in [0.717, 1.165) is 41.5 Å². The van der Waals surface area contributed by atoms with Gasteiger partial charge >= 0.3 is 12.1 Å². The SMILES string of the molecule is O=C(CC(NC(=O)OCC1c2ccccc2-c2ccccc21)C1CCC1)NC1COCC1C(=O)O. The summed E-state index contributed by atoms with van der Waals surface area (Å²) in [6, 6.07) is 15.4. The third-order valence-electron chi connectivity index (χ3n) is 7.52. The van der Waals surface area contributed by atoms with Crippen LogP contribution in [0.15, 0.2) is 48.5 Å². The first-order valence-corrected chi connectivity index (χ1v) is 12.2. The summed E-state index contributed by atoms with van der Waals surface area (Å²) in [4.78, 5) is 36.8. The van der Waals surface area contributed by atoms with Gasteiger partial charge in [0.05, 0.1) is 19.3 Å². The lowest BCUT2D eigenvalue weighted by Gasteiger charge is -2.34. The van der Waals surface area contributed by atoms with E-state index in [-0.39, 0.29) is 50.0 Å². The van der Waals surface area contributed by atoms with Crippen molar-refractivity contribution in [1.29, 1.82) is 0 Å². The molecule has 184 valence electrons. The highest BCUT2D eigenvalue weighted by atomic mass is 16.5. The maximum absolute atomic E-state index is 12.8. The fourth-order valence-electron chi connectivity index (χ4n) is 5.37. The van der Waals surface area contributed by atoms with E-state index < -0.39 is 24.0 Å². The van der Waals surface area contributed by atoms with Gasteiger partial charge in [-0.25, -0.2) is 4.79 Å². The number of ether oxygens (including phenoxy) is 2. The summed E-state index contributed by atoms with van der Waals surface area (Å²) in [6.07, 6.45) is 2.48. The molecule has 2 aromatic rings. The third kappa shape index (κ3) is 4.89. The number of aliphatic carboxylic acids is 1. The van der Waals surface area contributed by atoms with Crippen LogP contribution in [0.3, 0.4) is 0 Å². The summed E-state index contributed by atoms with van der Waals surface area (Å²) in [6.45, 7) is 0.476. The Bertz CT molecular complexity index is 1070. The highest BCUT2D eigenvalue weighted by molar-refractivity contribution is 5.80. The number of carbonyl (C=O) groups excluding carboxylic acids is 2. The molecule has 3 unspecified atom stereocenters. The molecule has 35 heavy (non-hydrogen) atoms. The quantitative estimate of drug-likeness (QED) is 0.537. The van der Waals surface area contributed by atoms with Crippen LogP contribution in [0, 0.1) is 11.8 Å². The second kappa shape index (κ2) is 10.1. The average Bonchev–Trinajstić information content (AvgIpc) is 3.39. The average molecular weight is 479 g/mol. The lowest BCUT2D eigenvalue weighted by Crippen LogP contribution is -2.49. The summed E-state index contributed by atoms with van der Waals surface area (Å²) in [5.74, 6) is -1.86. The number of benzene rings is 2. The number of amides is 2. The molecular weight excluding hydrogens is 448 g/mol. The summed E-state index contributed by atoms with van der Waals surface area (Å²) in [7, 11) is 0. The Morgan fingerprint density at radius 3 is 2.26 bits per heavy atom. The predicted molar refractivity (Wildman–Crippen MR) is 128 cm³/mol. The van der Waals surface area contributed by atoms with Crippen molar-refractivity contribution < 1.29 is 29.0 Å². The van der Waals surface area contributed by atoms with Crippen LogP contribution in [-0.4, -0.2) is 55.0 Å². The molecule has 5 rings (SSSR count). The van der Waals surface area contributed by atoms with Gasteiger partial charge in [-0.1, -0.05) is 55.0 Å². The molecule has 0 bridgehead atoms. The van der Waals surface area contributed by atoms with Crippen LogP contribution in [-0.2, 0) is 19.1 Å². The molecule has 3 N–H and O–H groups in total. The fraction of sp³-hybridized carbons (Fsp3) is 0.444. The van der Waals surface area contributed by atoms with Crippen molar-refractivity contribution in [1.82, 2.24) is 10.6 Å². The zero-order valence-electron chi connectivity index (χ0n) is 19.4. The fourth-order valence-corrected chi connectivity index (χ4v) is 5.37. The van der Waals surface area contributed by atoms with Crippen LogP contribution < -0.4 is 10.6 Å². The van der Waals surface area contributed by atoms with Gasteiger partial charge in [0.2, 0.25) is 5.91 Å². The van der Waals surface area contributed by atoms with Crippen molar-refractivity contribution in [2.75, 3.05) is 19.8 Å². The van der Waals surface area contributed by atoms with Gasteiger partial charge in [0.1, 0.15) is 12.5 Å². The number of carbonyl (C=O) groups is 3. The monoisotopic (exact) mass is 478 g/mol. The Balaban J connectivity index is 1.19. The number of fused-ring (bicyclic) bond motifs is 3. The number of hydrogen-bond donors (Lipinski definition) is 3. The van der Waals surface area contributed by atoms with Crippen molar-refractivity contribution in [2.24, 2.45) is 11.8 Å². The third-order valence-corrected chi connectivity index (χ3v) is 7.52. The van der Waals surface area contributed by atoms with Crippen LogP contribution in [0.25, 0.3) is 11.1 Å². The van der Waals surface area contributed by atoms with Gasteiger partial charge in [-0.2, -0.15) is 0 Å². The molecule has 3 atom stereocenters. The minimum atomic E-state index is -0.986. The van der Waals surface area contributed by atoms with Crippen molar-refractivity contribution >= 4 is 18.0 Å². The lowest BCUT2D eigenvalue weighted by molar-refractivity contribution is -0.142. The van der Waals surface area contributed by atoms with E-state index in [2.05, 4.69) is 34.9 Å². The molecular formula is C27H30N2O6. The molecule has 1 saturated carbocycles. The first-order chi connectivity index (χ1) is 17.0. The number of hydrogen-bond acceptors (Lipinski definition) is 5. The highest BCUT2D eigenvalue weighted by Gasteiger charge is 2.37. The molecule has 1 saturated heterocycles. The highest BCUT2D eigenvalue weighted by Crippen LogP contribution is 2.44. The lowest BCUT2D eigenvalue weighted by atomic mass is 9.78. The van der Waals surface area contributed by atoms with Gasteiger partial charge in [-0.05, 0) is 41.0 Å². The molecule has 0 spiro atoms. The predicted octanol–water partition coefficient (Wildman–Crippen LogP) is 3.30. The Hall–Kier alpha value is -3.39. The maximum atomic E-state index is 12.8. The van der Waals surface area contributed by atoms with Gasteiger partial charge in [0.15, 0.2) is 0 Å². The zero-order chi connectivity index (χ0) is 24.4. The van der Waals surface area contributed by atoms with E-state index >= 15 is 0 Å². The molecule has 8 nitrogen and oxygen atoms in total. The van der Waals surface area contributed by atoms with Gasteiger partial charge in [0, 0.05) is 18.4 Å². The first-order valence-electron chi connectivity index (χ1n) is 12.2. The molecule has 2 aromatic carbocycles. The largest absolute Gasteiger partial charge is 0.481 e. The Labute approximate surface area is 204 Å². The molecule has 2 amide bonds. The number of carboxylic acid groups (broad SMARTS) is 1. The Morgan fingerprint density at radius 2 is 1.66 bits per heavy atom. The molecule has 1 heterocycles. The molecule has 1 aliphatic heterocycles. The topological polar surface area (TPSA) is 114 Å². The summed E-state index contributed by atoms with van der Waals surface area (Å²) in [5.41, 5.74) is 4.61. The second-order valence-corrected chi connectivity index (χ2v) is 9.63. The minimum Gasteiger partial charge on any atom is -0.481 e. The standard InChI is InChI=1S/C27H30N2O6/c30-25(28-24-15-34-13-22(24)26(31)32)12-23(16-6-5-7-16)29-27(33)35-14-21-19-10-3-1-8-17(19)18-9-2-4-11-20(18)21/h1-4,8-11,16,21-24H,5-7,12-15H2,(H,28,30)(H,29,33)(H,31,32). The number of rotatable bonds is 8. The van der Waals surface area contributed by atoms with Gasteiger partial charge in [-0.15, -0.1) is 0 Å². The number of carboxylic acids is 1. The Kier molecular flexibility index (Phi) is 6.72. The van der Waals surface area contributed by atoms with Crippen LogP contribution in [0.5, 0.6) is 0 Å². The molecule has 0 radical (unpaired) electrons. The van der Waals surface area contributed by atoms with Crippen LogP contribution in [0.1, 0.15) is 42.7 Å². The molecule has 2 aliphatic carbocycles. The maximum Gasteiger partial charge on any atom is 0.407 e. The van der Waals surface area contributed by atoms with Crippen molar-refractivity contribution in [3.8, 4) is 11.1 Å². The smallest absolute Gasteiger partial charge is 0.407 e. The molecule has 3 aliphatic rings. The Morgan fingerprint density at radius 1 is 1.00 bits per heavy atom. The number of alkyl carbamates (subject to hydrolysis) is 1. The van der Waals surface area contributed by atoms with E-state index in [1.807, 2.05) is 24.3 Å². The van der Waals surface area contributed by atoms with Gasteiger partial charge < -0.3 is 25.2 Å². The van der Waals surface area contributed by atoms with E-state index in [1.54, 1.807) is 0 Å². The van der Waals surface area contributed by atoms with E-state index in [0.29, 0.717) is 0 Å². The molecule has 8 heteroatoms. The second-order valence-electron chi connectivity index (χ2n) is 9.63. The summed E-state index contributed by atoms with van der Waals surface area (Å²) >= 11 is 0. The summed E-state index contributed by atoms with van der Waals surface area (Å²) < 4.78 is 10.9. The van der Waals surface area contributed by atoms with E-state index in [1.165, 1.54) is 0 Å². The first kappa shape index (κ1) is 23.4.